The predicted molar refractivity (Wildman–Crippen MR) is 103 cm³/mol. The second-order valence-corrected chi connectivity index (χ2v) is 5.63. The molecule has 2 aromatic carbocycles. The van der Waals surface area contributed by atoms with Gasteiger partial charge in [0.2, 0.25) is 0 Å². The van der Waals surface area contributed by atoms with Crippen LogP contribution in [0.1, 0.15) is 23.2 Å². The van der Waals surface area contributed by atoms with Gasteiger partial charge in [-0.2, -0.15) is 0 Å². The summed E-state index contributed by atoms with van der Waals surface area (Å²) in [6, 6.07) is 14.0. The van der Waals surface area contributed by atoms with E-state index in [9.17, 15) is 9.59 Å². The van der Waals surface area contributed by atoms with E-state index in [2.05, 4.69) is 11.9 Å². The van der Waals surface area contributed by atoms with E-state index in [0.717, 1.165) is 18.2 Å². The number of nitrogens with one attached hydrogen (secondary N) is 1. The third kappa shape index (κ3) is 6.86. The van der Waals surface area contributed by atoms with Crippen molar-refractivity contribution in [3.8, 4) is 11.5 Å². The van der Waals surface area contributed by atoms with E-state index in [1.54, 1.807) is 55.6 Å². The lowest BCUT2D eigenvalue weighted by molar-refractivity contribution is -0.137. The van der Waals surface area contributed by atoms with Crippen molar-refractivity contribution < 1.29 is 23.8 Å². The molecule has 0 fully saturated rings. The first-order chi connectivity index (χ1) is 13.1. The van der Waals surface area contributed by atoms with Crippen LogP contribution in [0.15, 0.2) is 61.2 Å². The van der Waals surface area contributed by atoms with Crippen molar-refractivity contribution in [2.45, 2.75) is 12.8 Å². The van der Waals surface area contributed by atoms with Crippen molar-refractivity contribution in [3.63, 3.8) is 0 Å². The van der Waals surface area contributed by atoms with Crippen LogP contribution in [0, 0.1) is 0 Å². The molecule has 0 saturated heterocycles. The van der Waals surface area contributed by atoms with Gasteiger partial charge in [-0.15, -0.1) is 0 Å². The van der Waals surface area contributed by atoms with Crippen LogP contribution in [0.4, 0.5) is 5.69 Å². The first kappa shape index (κ1) is 20.0. The maximum Gasteiger partial charge on any atom is 0.330 e. The monoisotopic (exact) mass is 369 g/mol. The van der Waals surface area contributed by atoms with Gasteiger partial charge in [0.15, 0.2) is 0 Å². The smallest absolute Gasteiger partial charge is 0.330 e. The Bertz CT molecular complexity index is 753. The Hall–Kier alpha value is -3.28. The lowest BCUT2D eigenvalue weighted by atomic mass is 10.2. The standard InChI is InChI=1S/C21H23NO5/c1-3-20(23)27-15-5-4-14-26-19-10-6-16(7-11-19)21(24)22-17-8-12-18(25-2)13-9-17/h3,6-13H,1,4-5,14-15H2,2H3,(H,22,24). The number of methoxy groups -OCH3 is 1. The minimum Gasteiger partial charge on any atom is -0.497 e. The van der Waals surface area contributed by atoms with Crippen molar-refractivity contribution in [2.24, 2.45) is 0 Å². The van der Waals surface area contributed by atoms with Gasteiger partial charge in [0.05, 0.1) is 20.3 Å². The van der Waals surface area contributed by atoms with Crippen molar-refractivity contribution in [2.75, 3.05) is 25.6 Å². The van der Waals surface area contributed by atoms with Gasteiger partial charge in [-0.05, 0) is 61.4 Å². The van der Waals surface area contributed by atoms with E-state index < -0.39 is 5.97 Å². The van der Waals surface area contributed by atoms with Crippen LogP contribution in [-0.4, -0.2) is 32.2 Å². The Kier molecular flexibility index (Phi) is 7.91. The van der Waals surface area contributed by atoms with Crippen molar-refractivity contribution in [1.82, 2.24) is 0 Å². The molecule has 1 amide bonds. The first-order valence-corrected chi connectivity index (χ1v) is 8.60. The quantitative estimate of drug-likeness (QED) is 0.391. The van der Waals surface area contributed by atoms with Crippen molar-refractivity contribution >= 4 is 17.6 Å². The molecular formula is C21H23NO5. The van der Waals surface area contributed by atoms with E-state index in [1.807, 2.05) is 0 Å². The summed E-state index contributed by atoms with van der Waals surface area (Å²) in [7, 11) is 1.59. The molecule has 0 unspecified atom stereocenters. The average Bonchev–Trinajstić information content (AvgIpc) is 2.71. The zero-order valence-electron chi connectivity index (χ0n) is 15.3. The minimum absolute atomic E-state index is 0.198. The molecule has 0 atom stereocenters. The molecule has 6 heteroatoms. The molecule has 142 valence electrons. The molecule has 0 heterocycles. The summed E-state index contributed by atoms with van der Waals surface area (Å²) in [5.41, 5.74) is 1.23. The number of unbranched alkanes of at least 4 members (excludes halogenated alkanes) is 1. The summed E-state index contributed by atoms with van der Waals surface area (Å²) in [6.45, 7) is 4.18. The Balaban J connectivity index is 1.74. The molecular weight excluding hydrogens is 346 g/mol. The average molecular weight is 369 g/mol. The van der Waals surface area contributed by atoms with Crippen LogP contribution in [0.5, 0.6) is 11.5 Å². The van der Waals surface area contributed by atoms with Gasteiger partial charge in [-0.3, -0.25) is 4.79 Å². The zero-order chi connectivity index (χ0) is 19.5. The number of benzene rings is 2. The Morgan fingerprint density at radius 1 is 0.963 bits per heavy atom. The van der Waals surface area contributed by atoms with Crippen LogP contribution < -0.4 is 14.8 Å². The van der Waals surface area contributed by atoms with Gasteiger partial charge in [0.1, 0.15) is 11.5 Å². The molecule has 1 N–H and O–H groups in total. The normalized spacial score (nSPS) is 9.96. The summed E-state index contributed by atoms with van der Waals surface area (Å²) < 4.78 is 15.6. The number of ether oxygens (including phenoxy) is 3. The summed E-state index contributed by atoms with van der Waals surface area (Å²) in [5, 5.41) is 2.83. The zero-order valence-corrected chi connectivity index (χ0v) is 15.3. The fourth-order valence-electron chi connectivity index (χ4n) is 2.21. The molecule has 0 aliphatic rings. The molecule has 0 saturated carbocycles. The molecule has 0 radical (unpaired) electrons. The number of rotatable bonds is 10. The van der Waals surface area contributed by atoms with Crippen LogP contribution in [0.2, 0.25) is 0 Å². The molecule has 0 spiro atoms. The SMILES string of the molecule is C=CC(=O)OCCCCOc1ccc(C(=O)Nc2ccc(OC)cc2)cc1. The van der Waals surface area contributed by atoms with Gasteiger partial charge < -0.3 is 19.5 Å². The first-order valence-electron chi connectivity index (χ1n) is 8.60. The van der Waals surface area contributed by atoms with E-state index in [4.69, 9.17) is 14.2 Å². The second-order valence-electron chi connectivity index (χ2n) is 5.63. The largest absolute Gasteiger partial charge is 0.497 e. The van der Waals surface area contributed by atoms with E-state index in [0.29, 0.717) is 36.6 Å². The highest BCUT2D eigenvalue weighted by molar-refractivity contribution is 6.04. The van der Waals surface area contributed by atoms with Gasteiger partial charge in [-0.1, -0.05) is 6.58 Å². The van der Waals surface area contributed by atoms with E-state index in [1.165, 1.54) is 0 Å². The van der Waals surface area contributed by atoms with Crippen molar-refractivity contribution in [1.29, 1.82) is 0 Å². The van der Waals surface area contributed by atoms with Gasteiger partial charge in [0, 0.05) is 17.3 Å². The highest BCUT2D eigenvalue weighted by Crippen LogP contribution is 2.17. The summed E-state index contributed by atoms with van der Waals surface area (Å²) >= 11 is 0. The lowest BCUT2D eigenvalue weighted by Crippen LogP contribution is -2.11. The molecule has 2 rings (SSSR count). The van der Waals surface area contributed by atoms with Gasteiger partial charge >= 0.3 is 5.97 Å². The third-order valence-corrected chi connectivity index (χ3v) is 3.68. The highest BCUT2D eigenvalue weighted by atomic mass is 16.5. The van der Waals surface area contributed by atoms with Crippen molar-refractivity contribution in [3.05, 3.63) is 66.7 Å². The molecule has 0 bridgehead atoms. The number of anilines is 1. The fourth-order valence-corrected chi connectivity index (χ4v) is 2.21. The number of carbonyl (C=O) groups is 2. The van der Waals surface area contributed by atoms with Gasteiger partial charge in [0.25, 0.3) is 5.91 Å². The van der Waals surface area contributed by atoms with E-state index in [-0.39, 0.29) is 5.91 Å². The number of hydrogen-bond acceptors (Lipinski definition) is 5. The van der Waals surface area contributed by atoms with Crippen LogP contribution in [-0.2, 0) is 9.53 Å². The minimum atomic E-state index is -0.417. The van der Waals surface area contributed by atoms with E-state index >= 15 is 0 Å². The number of hydrogen-bond donors (Lipinski definition) is 1. The predicted octanol–water partition coefficient (Wildman–Crippen LogP) is 3.84. The summed E-state index contributed by atoms with van der Waals surface area (Å²) in [5.74, 6) is 0.794. The lowest BCUT2D eigenvalue weighted by Gasteiger charge is -2.08. The van der Waals surface area contributed by atoms with Crippen LogP contribution in [0.3, 0.4) is 0 Å². The fraction of sp³-hybridized carbons (Fsp3) is 0.238. The number of esters is 1. The topological polar surface area (TPSA) is 73.9 Å². The second kappa shape index (κ2) is 10.7. The Morgan fingerprint density at radius 2 is 1.59 bits per heavy atom. The molecule has 0 aliphatic heterocycles. The Labute approximate surface area is 158 Å². The summed E-state index contributed by atoms with van der Waals surface area (Å²) in [4.78, 5) is 23.1. The van der Waals surface area contributed by atoms with Crippen LogP contribution >= 0.6 is 0 Å². The number of amides is 1. The molecule has 0 aliphatic carbocycles. The molecule has 2 aromatic rings. The third-order valence-electron chi connectivity index (χ3n) is 3.68. The van der Waals surface area contributed by atoms with Crippen LogP contribution in [0.25, 0.3) is 0 Å². The number of carbonyl (C=O) groups excluding carboxylic acids is 2. The Morgan fingerprint density at radius 3 is 2.22 bits per heavy atom. The maximum absolute atomic E-state index is 12.3. The molecule has 0 aromatic heterocycles. The summed E-state index contributed by atoms with van der Waals surface area (Å²) in [6.07, 6.45) is 2.61. The molecule has 27 heavy (non-hydrogen) atoms. The maximum atomic E-state index is 12.3. The molecule has 6 nitrogen and oxygen atoms in total. The van der Waals surface area contributed by atoms with Gasteiger partial charge in [-0.25, -0.2) is 4.79 Å². The highest BCUT2D eigenvalue weighted by Gasteiger charge is 2.06.